The number of benzene rings is 1. The van der Waals surface area contributed by atoms with Crippen LogP contribution in [0.2, 0.25) is 0 Å². The van der Waals surface area contributed by atoms with Crippen molar-refractivity contribution in [1.82, 2.24) is 20.3 Å². The molecule has 10 heteroatoms. The van der Waals surface area contributed by atoms with E-state index in [1.165, 1.54) is 7.11 Å². The summed E-state index contributed by atoms with van der Waals surface area (Å²) in [6.07, 6.45) is 0. The van der Waals surface area contributed by atoms with Gasteiger partial charge in [0.15, 0.2) is 12.4 Å². The van der Waals surface area contributed by atoms with Crippen LogP contribution in [0.1, 0.15) is 16.2 Å². The Morgan fingerprint density at radius 1 is 1.23 bits per heavy atom. The molecule has 1 aromatic carbocycles. The van der Waals surface area contributed by atoms with Crippen molar-refractivity contribution >= 4 is 23.8 Å². The number of carbonyl (C=O) groups is 2. The average molecular weight is 360 g/mol. The molecule has 0 aliphatic heterocycles. The van der Waals surface area contributed by atoms with Crippen molar-refractivity contribution in [2.24, 2.45) is 0 Å². The highest BCUT2D eigenvalue weighted by Crippen LogP contribution is 2.12. The van der Waals surface area contributed by atoms with Crippen LogP contribution >= 0.6 is 0 Å². The second-order valence-corrected chi connectivity index (χ2v) is 5.38. The lowest BCUT2D eigenvalue weighted by molar-refractivity contribution is -0.143. The van der Waals surface area contributed by atoms with Crippen LogP contribution in [-0.4, -0.2) is 54.6 Å². The van der Waals surface area contributed by atoms with Gasteiger partial charge in [0.25, 0.3) is 5.91 Å². The van der Waals surface area contributed by atoms with Gasteiger partial charge in [-0.25, -0.2) is 0 Å². The highest BCUT2D eigenvalue weighted by Gasteiger charge is 2.12. The molecule has 0 saturated carbocycles. The molecule has 3 N–H and O–H groups in total. The number of nitrogens with one attached hydrogen (secondary N) is 1. The third-order valence-electron chi connectivity index (χ3n) is 3.17. The molecule has 0 spiro atoms. The maximum Gasteiger partial charge on any atom is 0.325 e. The van der Waals surface area contributed by atoms with E-state index < -0.39 is 11.9 Å². The van der Waals surface area contributed by atoms with Crippen LogP contribution in [0.3, 0.4) is 0 Å². The Labute approximate surface area is 150 Å². The Kier molecular flexibility index (Phi) is 6.25. The fourth-order valence-electron chi connectivity index (χ4n) is 1.90. The van der Waals surface area contributed by atoms with Gasteiger partial charge in [0, 0.05) is 19.7 Å². The van der Waals surface area contributed by atoms with Crippen LogP contribution in [0.5, 0.6) is 5.75 Å². The molecule has 26 heavy (non-hydrogen) atoms. The average Bonchev–Trinajstić information content (AvgIpc) is 2.64. The Balaban J connectivity index is 1.86. The monoisotopic (exact) mass is 360 g/mol. The number of nitrogens with zero attached hydrogens (tertiary/aromatic N) is 4. The van der Waals surface area contributed by atoms with E-state index >= 15 is 0 Å². The summed E-state index contributed by atoms with van der Waals surface area (Å²) in [5.41, 5.74) is 5.97. The van der Waals surface area contributed by atoms with Gasteiger partial charge in [-0.15, -0.1) is 0 Å². The summed E-state index contributed by atoms with van der Waals surface area (Å²) >= 11 is 0. The van der Waals surface area contributed by atoms with Crippen LogP contribution in [0.4, 0.5) is 11.9 Å². The van der Waals surface area contributed by atoms with E-state index in [1.54, 1.807) is 43.3 Å². The van der Waals surface area contributed by atoms with Gasteiger partial charge in [-0.2, -0.15) is 15.0 Å². The van der Waals surface area contributed by atoms with Gasteiger partial charge < -0.3 is 25.4 Å². The molecule has 1 heterocycles. The summed E-state index contributed by atoms with van der Waals surface area (Å²) in [4.78, 5) is 37.4. The van der Waals surface area contributed by atoms with Crippen molar-refractivity contribution in [1.29, 1.82) is 0 Å². The highest BCUT2D eigenvalue weighted by atomic mass is 16.5. The number of ether oxygens (including phenoxy) is 2. The third-order valence-corrected chi connectivity index (χ3v) is 3.17. The zero-order chi connectivity index (χ0) is 19.1. The first kappa shape index (κ1) is 18.9. The largest absolute Gasteiger partial charge is 0.497 e. The van der Waals surface area contributed by atoms with E-state index in [4.69, 9.17) is 15.2 Å². The summed E-state index contributed by atoms with van der Waals surface area (Å²) in [5.74, 6) is 0.0979. The number of hydrogen-bond donors (Lipinski definition) is 2. The summed E-state index contributed by atoms with van der Waals surface area (Å²) in [5, 5.41) is 2.47. The normalized spacial score (nSPS) is 10.1. The number of methoxy groups -OCH3 is 1. The molecule has 0 atom stereocenters. The molecule has 0 aliphatic rings. The van der Waals surface area contributed by atoms with Crippen molar-refractivity contribution in [2.75, 3.05) is 38.4 Å². The van der Waals surface area contributed by atoms with Crippen molar-refractivity contribution < 1.29 is 19.1 Å². The van der Waals surface area contributed by atoms with Crippen LogP contribution in [0.15, 0.2) is 24.3 Å². The molecule has 1 aromatic heterocycles. The maximum atomic E-state index is 12.0. The first-order valence-corrected chi connectivity index (χ1v) is 7.64. The molecule has 0 bridgehead atoms. The van der Waals surface area contributed by atoms with Gasteiger partial charge in [0.2, 0.25) is 11.9 Å². The van der Waals surface area contributed by atoms with Crippen molar-refractivity contribution in [3.05, 3.63) is 35.7 Å². The van der Waals surface area contributed by atoms with E-state index in [-0.39, 0.29) is 24.9 Å². The standard InChI is InChI=1S/C16H20N6O4/c1-22(2)16-20-12(19-15(17)21-16)9-26-13(23)8-18-14(24)10-5-4-6-11(7-10)25-3/h4-7H,8-9H2,1-3H3,(H,18,24)(H2,17,19,20,21). The van der Waals surface area contributed by atoms with E-state index in [1.807, 2.05) is 0 Å². The molecule has 2 aromatic rings. The molecule has 138 valence electrons. The lowest BCUT2D eigenvalue weighted by atomic mass is 10.2. The minimum atomic E-state index is -0.633. The molecule has 2 rings (SSSR count). The number of nitrogen functional groups attached to an aromatic ring is 1. The topological polar surface area (TPSA) is 133 Å². The van der Waals surface area contributed by atoms with Crippen LogP contribution in [0.25, 0.3) is 0 Å². The summed E-state index contributed by atoms with van der Waals surface area (Å²) in [6, 6.07) is 6.57. The lowest BCUT2D eigenvalue weighted by Crippen LogP contribution is -2.30. The molecule has 10 nitrogen and oxygen atoms in total. The zero-order valence-corrected chi connectivity index (χ0v) is 14.7. The Bertz CT molecular complexity index is 796. The Hall–Kier alpha value is -3.43. The van der Waals surface area contributed by atoms with Crippen LogP contribution in [-0.2, 0) is 16.1 Å². The highest BCUT2D eigenvalue weighted by molar-refractivity contribution is 5.96. The minimum Gasteiger partial charge on any atom is -0.497 e. The van der Waals surface area contributed by atoms with Gasteiger partial charge in [-0.05, 0) is 18.2 Å². The van der Waals surface area contributed by atoms with Crippen molar-refractivity contribution in [3.8, 4) is 5.75 Å². The minimum absolute atomic E-state index is 0.0288. The van der Waals surface area contributed by atoms with Gasteiger partial charge in [-0.1, -0.05) is 6.07 Å². The van der Waals surface area contributed by atoms with E-state index in [0.29, 0.717) is 17.3 Å². The smallest absolute Gasteiger partial charge is 0.325 e. The number of carbonyl (C=O) groups excluding carboxylic acids is 2. The number of aromatic nitrogens is 3. The third kappa shape index (κ3) is 5.30. The first-order valence-electron chi connectivity index (χ1n) is 7.64. The fourth-order valence-corrected chi connectivity index (χ4v) is 1.90. The number of hydrogen-bond acceptors (Lipinski definition) is 9. The van der Waals surface area contributed by atoms with Gasteiger partial charge in [0.05, 0.1) is 7.11 Å². The second-order valence-electron chi connectivity index (χ2n) is 5.38. The number of esters is 1. The van der Waals surface area contributed by atoms with Crippen LogP contribution < -0.4 is 20.7 Å². The first-order chi connectivity index (χ1) is 12.4. The van der Waals surface area contributed by atoms with E-state index in [9.17, 15) is 9.59 Å². The summed E-state index contributed by atoms with van der Waals surface area (Å²) < 4.78 is 10.1. The van der Waals surface area contributed by atoms with E-state index in [0.717, 1.165) is 0 Å². The maximum absolute atomic E-state index is 12.0. The SMILES string of the molecule is COc1cccc(C(=O)NCC(=O)OCc2nc(N)nc(N(C)C)n2)c1. The second kappa shape index (κ2) is 8.60. The Morgan fingerprint density at radius 3 is 2.69 bits per heavy atom. The summed E-state index contributed by atoms with van der Waals surface area (Å²) in [7, 11) is 5.00. The molecule has 0 unspecified atom stereocenters. The molecule has 0 radical (unpaired) electrons. The lowest BCUT2D eigenvalue weighted by Gasteiger charge is -2.11. The molecule has 0 fully saturated rings. The number of rotatable bonds is 7. The van der Waals surface area contributed by atoms with Gasteiger partial charge in [-0.3, -0.25) is 9.59 Å². The van der Waals surface area contributed by atoms with Crippen molar-refractivity contribution in [3.63, 3.8) is 0 Å². The van der Waals surface area contributed by atoms with E-state index in [2.05, 4.69) is 20.3 Å². The quantitative estimate of drug-likeness (QED) is 0.655. The number of anilines is 2. The van der Waals surface area contributed by atoms with Gasteiger partial charge >= 0.3 is 5.97 Å². The predicted molar refractivity (Wildman–Crippen MR) is 93.7 cm³/mol. The summed E-state index contributed by atoms with van der Waals surface area (Å²) in [6.45, 7) is -0.474. The number of amides is 1. The Morgan fingerprint density at radius 2 is 2.00 bits per heavy atom. The predicted octanol–water partition coefficient (Wildman–Crippen LogP) is 0.00160. The van der Waals surface area contributed by atoms with Gasteiger partial charge in [0.1, 0.15) is 12.3 Å². The molecular weight excluding hydrogens is 340 g/mol. The fraction of sp³-hybridized carbons (Fsp3) is 0.312. The zero-order valence-electron chi connectivity index (χ0n) is 14.7. The molecule has 0 saturated heterocycles. The van der Waals surface area contributed by atoms with Crippen molar-refractivity contribution in [2.45, 2.75) is 6.61 Å². The molecular formula is C16H20N6O4. The van der Waals surface area contributed by atoms with Crippen LogP contribution in [0, 0.1) is 0 Å². The molecule has 0 aliphatic carbocycles. The molecule has 1 amide bonds. The number of nitrogens with two attached hydrogens (primary N) is 1.